The number of hydrogen-bond acceptors (Lipinski definition) is 4. The number of nitrogens with one attached hydrogen (secondary N) is 2. The van der Waals surface area contributed by atoms with Crippen molar-refractivity contribution < 1.29 is 4.79 Å². The second kappa shape index (κ2) is 5.83. The smallest absolute Gasteiger partial charge is 0.236 e. The molecule has 3 heterocycles. The number of H-pyrrole nitrogens is 1. The molecule has 6 nitrogen and oxygen atoms in total. The molecule has 3 rings (SSSR count). The topological polar surface area (TPSA) is 84.8 Å². The van der Waals surface area contributed by atoms with Crippen molar-refractivity contribution in [2.24, 2.45) is 0 Å². The van der Waals surface area contributed by atoms with Gasteiger partial charge in [0.25, 0.3) is 0 Å². The number of nitriles is 1. The molecule has 1 saturated heterocycles. The van der Waals surface area contributed by atoms with Gasteiger partial charge in [0.05, 0.1) is 6.07 Å². The summed E-state index contributed by atoms with van der Waals surface area (Å²) in [7, 11) is 0. The zero-order valence-electron chi connectivity index (χ0n) is 11.7. The number of hydrogen-bond donors (Lipinski definition) is 2. The Bertz CT molecular complexity index is 687. The first kappa shape index (κ1) is 13.4. The first-order valence-electron chi connectivity index (χ1n) is 7.11. The lowest BCUT2D eigenvalue weighted by Crippen LogP contribution is -2.45. The normalized spacial score (nSPS) is 18.4. The highest BCUT2D eigenvalue weighted by molar-refractivity contribution is 5.89. The van der Waals surface area contributed by atoms with Crippen LogP contribution in [-0.2, 0) is 4.79 Å². The van der Waals surface area contributed by atoms with Crippen molar-refractivity contribution in [3.8, 4) is 6.07 Å². The molecule has 2 aromatic heterocycles. The van der Waals surface area contributed by atoms with E-state index in [1.807, 2.05) is 24.4 Å². The summed E-state index contributed by atoms with van der Waals surface area (Å²) in [6, 6.07) is 6.08. The van der Waals surface area contributed by atoms with Crippen molar-refractivity contribution in [3.05, 3.63) is 24.5 Å². The zero-order valence-corrected chi connectivity index (χ0v) is 11.7. The Balaban J connectivity index is 1.71. The molecule has 0 radical (unpaired) electrons. The largest absolute Gasteiger partial charge is 0.380 e. The van der Waals surface area contributed by atoms with Crippen molar-refractivity contribution in [2.45, 2.75) is 25.3 Å². The number of nitrogens with zero attached hydrogens (tertiary/aromatic N) is 3. The number of carbonyl (C=O) groups is 1. The SMILES string of the molecule is N#CCC(=O)N1CCC[C@@H](Nc2ccnc3[nH]ccc23)C1. The second-order valence-corrected chi connectivity index (χ2v) is 5.26. The standard InChI is InChI=1S/C15H17N5O/c16-6-3-14(21)20-9-1-2-11(10-20)19-13-5-8-18-15-12(13)4-7-17-15/h4-5,7-8,11H,1-3,9-10H2,(H2,17,18,19)/t11-/m1/s1. The minimum absolute atomic E-state index is 0.0377. The van der Waals surface area contributed by atoms with E-state index in [9.17, 15) is 4.79 Å². The Morgan fingerprint density at radius 2 is 2.48 bits per heavy atom. The van der Waals surface area contributed by atoms with E-state index in [1.165, 1.54) is 0 Å². The number of aromatic amines is 1. The molecule has 0 aromatic carbocycles. The molecule has 21 heavy (non-hydrogen) atoms. The first-order chi connectivity index (χ1) is 10.3. The lowest BCUT2D eigenvalue weighted by Gasteiger charge is -2.33. The van der Waals surface area contributed by atoms with Crippen LogP contribution in [0.5, 0.6) is 0 Å². The van der Waals surface area contributed by atoms with Gasteiger partial charge in [-0.25, -0.2) is 4.98 Å². The van der Waals surface area contributed by atoms with Gasteiger partial charge in [0, 0.05) is 42.6 Å². The molecule has 6 heteroatoms. The van der Waals surface area contributed by atoms with Crippen molar-refractivity contribution in [1.82, 2.24) is 14.9 Å². The van der Waals surface area contributed by atoms with Crippen LogP contribution in [0.4, 0.5) is 5.69 Å². The van der Waals surface area contributed by atoms with E-state index in [1.54, 1.807) is 11.1 Å². The fourth-order valence-electron chi connectivity index (χ4n) is 2.81. The molecular weight excluding hydrogens is 266 g/mol. The van der Waals surface area contributed by atoms with Crippen molar-refractivity contribution in [2.75, 3.05) is 18.4 Å². The first-order valence-corrected chi connectivity index (χ1v) is 7.11. The lowest BCUT2D eigenvalue weighted by atomic mass is 10.0. The van der Waals surface area contributed by atoms with Crippen molar-refractivity contribution >= 4 is 22.6 Å². The molecule has 1 aliphatic heterocycles. The molecule has 1 aliphatic rings. The molecule has 0 aliphatic carbocycles. The summed E-state index contributed by atoms with van der Waals surface area (Å²) in [6.07, 6.45) is 5.57. The quantitative estimate of drug-likeness (QED) is 0.900. The van der Waals surface area contributed by atoms with Gasteiger partial charge in [-0.2, -0.15) is 5.26 Å². The average molecular weight is 283 g/mol. The highest BCUT2D eigenvalue weighted by Crippen LogP contribution is 2.23. The molecule has 1 fully saturated rings. The molecule has 0 unspecified atom stereocenters. The number of carbonyl (C=O) groups excluding carboxylic acids is 1. The number of fused-ring (bicyclic) bond motifs is 1. The number of anilines is 1. The molecule has 1 amide bonds. The monoisotopic (exact) mass is 283 g/mol. The number of pyridine rings is 1. The van der Waals surface area contributed by atoms with E-state index in [2.05, 4.69) is 15.3 Å². The van der Waals surface area contributed by atoms with Crippen LogP contribution in [0.3, 0.4) is 0 Å². The Hall–Kier alpha value is -2.55. The average Bonchev–Trinajstić information content (AvgIpc) is 2.97. The van der Waals surface area contributed by atoms with Crippen LogP contribution in [-0.4, -0.2) is 39.9 Å². The predicted molar refractivity (Wildman–Crippen MR) is 79.5 cm³/mol. The summed E-state index contributed by atoms with van der Waals surface area (Å²) in [5, 5.41) is 13.2. The highest BCUT2D eigenvalue weighted by atomic mass is 16.2. The molecule has 0 bridgehead atoms. The van der Waals surface area contributed by atoms with E-state index in [4.69, 9.17) is 5.26 Å². The minimum Gasteiger partial charge on any atom is -0.380 e. The summed E-state index contributed by atoms with van der Waals surface area (Å²) in [6.45, 7) is 1.39. The predicted octanol–water partition coefficient (Wildman–Crippen LogP) is 1.88. The molecule has 0 saturated carbocycles. The maximum absolute atomic E-state index is 11.8. The number of amides is 1. The van der Waals surface area contributed by atoms with E-state index in [0.29, 0.717) is 6.54 Å². The van der Waals surface area contributed by atoms with Crippen LogP contribution in [0.1, 0.15) is 19.3 Å². The molecule has 2 aromatic rings. The maximum Gasteiger partial charge on any atom is 0.236 e. The van der Waals surface area contributed by atoms with Gasteiger partial charge < -0.3 is 15.2 Å². The third-order valence-corrected chi connectivity index (χ3v) is 3.82. The number of likely N-dealkylation sites (tertiary alicyclic amines) is 1. The van der Waals surface area contributed by atoms with E-state index >= 15 is 0 Å². The third-order valence-electron chi connectivity index (χ3n) is 3.82. The van der Waals surface area contributed by atoms with E-state index < -0.39 is 0 Å². The van der Waals surface area contributed by atoms with Crippen LogP contribution < -0.4 is 5.32 Å². The number of piperidine rings is 1. The van der Waals surface area contributed by atoms with Crippen molar-refractivity contribution in [1.29, 1.82) is 5.26 Å². The summed E-state index contributed by atoms with van der Waals surface area (Å²) in [4.78, 5) is 21.0. The Morgan fingerprint density at radius 1 is 1.57 bits per heavy atom. The molecule has 2 N–H and O–H groups in total. The second-order valence-electron chi connectivity index (χ2n) is 5.26. The Labute approximate surface area is 122 Å². The van der Waals surface area contributed by atoms with Crippen molar-refractivity contribution in [3.63, 3.8) is 0 Å². The highest BCUT2D eigenvalue weighted by Gasteiger charge is 2.23. The van der Waals surface area contributed by atoms with E-state index in [0.717, 1.165) is 36.1 Å². The van der Waals surface area contributed by atoms with Gasteiger partial charge in [-0.3, -0.25) is 4.79 Å². The Kier molecular flexibility index (Phi) is 3.73. The van der Waals surface area contributed by atoms with Gasteiger partial charge in [-0.1, -0.05) is 0 Å². The van der Waals surface area contributed by atoms with Crippen LogP contribution in [0, 0.1) is 11.3 Å². The lowest BCUT2D eigenvalue weighted by molar-refractivity contribution is -0.131. The maximum atomic E-state index is 11.8. The molecule has 0 spiro atoms. The van der Waals surface area contributed by atoms with Gasteiger partial charge in [0.2, 0.25) is 5.91 Å². The van der Waals surface area contributed by atoms with E-state index in [-0.39, 0.29) is 18.4 Å². The number of rotatable bonds is 3. The molecule has 108 valence electrons. The molecular formula is C15H17N5O. The summed E-state index contributed by atoms with van der Waals surface area (Å²) in [5.74, 6) is -0.0782. The van der Waals surface area contributed by atoms with Gasteiger partial charge in [-0.05, 0) is 25.0 Å². The van der Waals surface area contributed by atoms with Crippen LogP contribution in [0.25, 0.3) is 11.0 Å². The summed E-state index contributed by atoms with van der Waals surface area (Å²) < 4.78 is 0. The van der Waals surface area contributed by atoms with Crippen LogP contribution in [0.15, 0.2) is 24.5 Å². The van der Waals surface area contributed by atoms with Crippen LogP contribution >= 0.6 is 0 Å². The van der Waals surface area contributed by atoms with Gasteiger partial charge >= 0.3 is 0 Å². The Morgan fingerprint density at radius 3 is 3.33 bits per heavy atom. The van der Waals surface area contributed by atoms with Gasteiger partial charge in [0.15, 0.2) is 0 Å². The fraction of sp³-hybridized carbons (Fsp3) is 0.400. The van der Waals surface area contributed by atoms with Gasteiger partial charge in [-0.15, -0.1) is 0 Å². The summed E-state index contributed by atoms with van der Waals surface area (Å²) >= 11 is 0. The molecule has 1 atom stereocenters. The fourth-order valence-corrected chi connectivity index (χ4v) is 2.81. The van der Waals surface area contributed by atoms with Gasteiger partial charge in [0.1, 0.15) is 12.1 Å². The third kappa shape index (κ3) is 2.82. The minimum atomic E-state index is -0.0782. The summed E-state index contributed by atoms with van der Waals surface area (Å²) in [5.41, 5.74) is 1.88. The zero-order chi connectivity index (χ0) is 14.7. The number of aromatic nitrogens is 2. The van der Waals surface area contributed by atoms with Crippen LogP contribution in [0.2, 0.25) is 0 Å².